The molecule has 0 unspecified atom stereocenters. The highest BCUT2D eigenvalue weighted by atomic mass is 16.5. The van der Waals surface area contributed by atoms with Gasteiger partial charge in [-0.15, -0.1) is 0 Å². The maximum atomic E-state index is 9.40. The molecule has 18 heavy (non-hydrogen) atoms. The molecule has 0 aliphatic heterocycles. The van der Waals surface area contributed by atoms with Crippen LogP contribution in [0.25, 0.3) is 22.2 Å². The van der Waals surface area contributed by atoms with E-state index < -0.39 is 6.10 Å². The zero-order valence-electron chi connectivity index (χ0n) is 9.87. The Labute approximate surface area is 104 Å². The van der Waals surface area contributed by atoms with Crippen molar-refractivity contribution in [3.63, 3.8) is 0 Å². The van der Waals surface area contributed by atoms with Gasteiger partial charge in [0, 0.05) is 5.56 Å². The lowest BCUT2D eigenvalue weighted by Gasteiger charge is -2.01. The van der Waals surface area contributed by atoms with Crippen LogP contribution in [0.3, 0.4) is 0 Å². The summed E-state index contributed by atoms with van der Waals surface area (Å²) in [5.74, 6) is 0.737. The maximum absolute atomic E-state index is 9.40. The van der Waals surface area contributed by atoms with Gasteiger partial charge in [-0.1, -0.05) is 47.6 Å². The molecule has 3 aromatic rings. The Hall–Kier alpha value is -2.20. The molecule has 0 saturated heterocycles. The summed E-state index contributed by atoms with van der Waals surface area (Å²) in [4.78, 5) is 4.20. The van der Waals surface area contributed by atoms with Gasteiger partial charge in [-0.25, -0.2) is 0 Å². The first-order valence-electron chi connectivity index (χ1n) is 5.75. The van der Waals surface area contributed by atoms with E-state index in [4.69, 9.17) is 4.52 Å². The van der Waals surface area contributed by atoms with E-state index in [1.54, 1.807) is 6.92 Å². The van der Waals surface area contributed by atoms with Crippen LogP contribution in [-0.4, -0.2) is 15.2 Å². The van der Waals surface area contributed by atoms with Crippen molar-refractivity contribution in [2.75, 3.05) is 0 Å². The molecule has 0 bridgehead atoms. The predicted octanol–water partition coefficient (Wildman–Crippen LogP) is 2.94. The van der Waals surface area contributed by atoms with Crippen molar-refractivity contribution in [1.82, 2.24) is 10.1 Å². The number of aromatic nitrogens is 2. The molecule has 0 spiro atoms. The molecule has 1 aromatic heterocycles. The van der Waals surface area contributed by atoms with Gasteiger partial charge >= 0.3 is 0 Å². The van der Waals surface area contributed by atoms with Gasteiger partial charge in [-0.2, -0.15) is 4.98 Å². The van der Waals surface area contributed by atoms with Crippen LogP contribution in [0, 0.1) is 0 Å². The summed E-state index contributed by atoms with van der Waals surface area (Å²) in [6, 6.07) is 14.0. The van der Waals surface area contributed by atoms with Gasteiger partial charge in [0.05, 0.1) is 0 Å². The minimum atomic E-state index is -0.749. The molecule has 3 rings (SSSR count). The standard InChI is InChI=1S/C14H12N2O2/c1-9(17)14-15-13(16-18-14)12-8-4-6-10-5-2-3-7-11(10)12/h2-9,17H,1H3/t9-/m0/s1. The maximum Gasteiger partial charge on any atom is 0.255 e. The lowest BCUT2D eigenvalue weighted by atomic mass is 10.0. The average molecular weight is 240 g/mol. The molecule has 4 nitrogen and oxygen atoms in total. The normalized spacial score (nSPS) is 12.8. The Morgan fingerprint density at radius 3 is 2.67 bits per heavy atom. The molecule has 1 atom stereocenters. The Morgan fingerprint density at radius 1 is 1.11 bits per heavy atom. The molecule has 90 valence electrons. The number of nitrogens with zero attached hydrogens (tertiary/aromatic N) is 2. The lowest BCUT2D eigenvalue weighted by Crippen LogP contribution is -1.90. The number of hydrogen-bond acceptors (Lipinski definition) is 4. The summed E-state index contributed by atoms with van der Waals surface area (Å²) in [7, 11) is 0. The first kappa shape index (κ1) is 10.9. The van der Waals surface area contributed by atoms with Gasteiger partial charge < -0.3 is 9.63 Å². The minimum absolute atomic E-state index is 0.234. The number of hydrogen-bond donors (Lipinski definition) is 1. The molecule has 1 heterocycles. The lowest BCUT2D eigenvalue weighted by molar-refractivity contribution is 0.152. The van der Waals surface area contributed by atoms with E-state index in [1.807, 2.05) is 42.5 Å². The van der Waals surface area contributed by atoms with Gasteiger partial charge in [-0.3, -0.25) is 0 Å². The van der Waals surface area contributed by atoms with Crippen LogP contribution in [0.15, 0.2) is 47.0 Å². The van der Waals surface area contributed by atoms with Crippen molar-refractivity contribution in [2.24, 2.45) is 0 Å². The summed E-state index contributed by atoms with van der Waals surface area (Å²) in [6.07, 6.45) is -0.749. The third-order valence-corrected chi connectivity index (χ3v) is 2.83. The summed E-state index contributed by atoms with van der Waals surface area (Å²) >= 11 is 0. The van der Waals surface area contributed by atoms with Crippen LogP contribution in [0.2, 0.25) is 0 Å². The van der Waals surface area contributed by atoms with E-state index in [0.29, 0.717) is 5.82 Å². The molecule has 0 amide bonds. The molecule has 0 aliphatic carbocycles. The van der Waals surface area contributed by atoms with E-state index in [2.05, 4.69) is 10.1 Å². The van der Waals surface area contributed by atoms with E-state index in [0.717, 1.165) is 16.3 Å². The van der Waals surface area contributed by atoms with Gasteiger partial charge in [0.25, 0.3) is 5.89 Å². The number of rotatable bonds is 2. The molecule has 1 N–H and O–H groups in total. The van der Waals surface area contributed by atoms with Gasteiger partial charge in [0.1, 0.15) is 6.10 Å². The number of aliphatic hydroxyl groups is 1. The average Bonchev–Trinajstić information content (AvgIpc) is 2.87. The molecule has 0 saturated carbocycles. The van der Waals surface area contributed by atoms with E-state index in [-0.39, 0.29) is 5.89 Å². The number of aliphatic hydroxyl groups excluding tert-OH is 1. The Morgan fingerprint density at radius 2 is 1.89 bits per heavy atom. The van der Waals surface area contributed by atoms with Crippen molar-refractivity contribution in [1.29, 1.82) is 0 Å². The smallest absolute Gasteiger partial charge is 0.255 e. The second-order valence-electron chi connectivity index (χ2n) is 4.16. The second kappa shape index (κ2) is 4.23. The van der Waals surface area contributed by atoms with Gasteiger partial charge in [0.15, 0.2) is 0 Å². The Kier molecular flexibility index (Phi) is 2.57. The summed E-state index contributed by atoms with van der Waals surface area (Å²) in [6.45, 7) is 1.60. The summed E-state index contributed by atoms with van der Waals surface area (Å²) in [5.41, 5.74) is 0.906. The predicted molar refractivity (Wildman–Crippen MR) is 67.9 cm³/mol. The van der Waals surface area contributed by atoms with Crippen molar-refractivity contribution in [2.45, 2.75) is 13.0 Å². The van der Waals surface area contributed by atoms with E-state index in [1.165, 1.54) is 0 Å². The van der Waals surface area contributed by atoms with Gasteiger partial charge in [-0.05, 0) is 17.7 Å². The van der Waals surface area contributed by atoms with Crippen LogP contribution in [0.1, 0.15) is 18.9 Å². The Balaban J connectivity index is 2.18. The molecular formula is C14H12N2O2. The topological polar surface area (TPSA) is 59.2 Å². The van der Waals surface area contributed by atoms with Crippen molar-refractivity contribution >= 4 is 10.8 Å². The fourth-order valence-corrected chi connectivity index (χ4v) is 1.93. The quantitative estimate of drug-likeness (QED) is 0.748. The Bertz CT molecular complexity index is 684. The third kappa shape index (κ3) is 1.76. The molecule has 0 radical (unpaired) electrons. The SMILES string of the molecule is C[C@H](O)c1nc(-c2cccc3ccccc23)no1. The van der Waals surface area contributed by atoms with Crippen LogP contribution in [0.5, 0.6) is 0 Å². The molecule has 0 fully saturated rings. The fraction of sp³-hybridized carbons (Fsp3) is 0.143. The highest BCUT2D eigenvalue weighted by molar-refractivity contribution is 5.94. The highest BCUT2D eigenvalue weighted by Gasteiger charge is 2.14. The third-order valence-electron chi connectivity index (χ3n) is 2.83. The number of benzene rings is 2. The van der Waals surface area contributed by atoms with Crippen LogP contribution >= 0.6 is 0 Å². The minimum Gasteiger partial charge on any atom is -0.384 e. The first-order chi connectivity index (χ1) is 8.75. The largest absolute Gasteiger partial charge is 0.384 e. The fourth-order valence-electron chi connectivity index (χ4n) is 1.93. The monoisotopic (exact) mass is 240 g/mol. The zero-order chi connectivity index (χ0) is 12.5. The molecule has 2 aromatic carbocycles. The van der Waals surface area contributed by atoms with Crippen molar-refractivity contribution in [3.8, 4) is 11.4 Å². The highest BCUT2D eigenvalue weighted by Crippen LogP contribution is 2.27. The van der Waals surface area contributed by atoms with Crippen molar-refractivity contribution in [3.05, 3.63) is 48.4 Å². The van der Waals surface area contributed by atoms with Crippen LogP contribution in [-0.2, 0) is 0 Å². The molecule has 4 heteroatoms. The van der Waals surface area contributed by atoms with Crippen molar-refractivity contribution < 1.29 is 9.63 Å². The van der Waals surface area contributed by atoms with E-state index >= 15 is 0 Å². The van der Waals surface area contributed by atoms with E-state index in [9.17, 15) is 5.11 Å². The summed E-state index contributed by atoms with van der Waals surface area (Å²) < 4.78 is 5.02. The first-order valence-corrected chi connectivity index (χ1v) is 5.75. The second-order valence-corrected chi connectivity index (χ2v) is 4.16. The number of fused-ring (bicyclic) bond motifs is 1. The van der Waals surface area contributed by atoms with Crippen LogP contribution in [0.4, 0.5) is 0 Å². The summed E-state index contributed by atoms with van der Waals surface area (Å²) in [5, 5.41) is 15.5. The molecular weight excluding hydrogens is 228 g/mol. The van der Waals surface area contributed by atoms with Gasteiger partial charge in [0.2, 0.25) is 5.82 Å². The zero-order valence-corrected chi connectivity index (χ0v) is 9.87. The van der Waals surface area contributed by atoms with Crippen LogP contribution < -0.4 is 0 Å². The molecule has 0 aliphatic rings.